The van der Waals surface area contributed by atoms with E-state index in [-0.39, 0.29) is 17.6 Å². The zero-order chi connectivity index (χ0) is 26.8. The molecular formula is C27H36FN7O3. The average molecular weight is 526 g/mol. The Balaban J connectivity index is 1.44. The SMILES string of the molecule is CCNC(=O)Nc1ccc(-c2nc3c(c(N4CCOCC4C)n2)CN(C2CCN(C(C)=O)CC2)C3)cc1F. The summed E-state index contributed by atoms with van der Waals surface area (Å²) in [5.41, 5.74) is 2.74. The van der Waals surface area contributed by atoms with E-state index in [4.69, 9.17) is 14.7 Å². The van der Waals surface area contributed by atoms with Crippen molar-refractivity contribution in [1.82, 2.24) is 25.1 Å². The fourth-order valence-corrected chi connectivity index (χ4v) is 5.56. The molecule has 0 bridgehead atoms. The number of piperidine rings is 1. The van der Waals surface area contributed by atoms with E-state index >= 15 is 0 Å². The standard InChI is InChI=1S/C27H36FN7O3/c1-4-29-27(37)31-23-6-5-19(13-22(23)28)25-30-24-15-34(20-7-9-33(10-8-20)18(3)36)14-21(24)26(32-25)35-11-12-38-16-17(35)2/h5-6,13,17,20H,4,7-12,14-16H2,1-3H3,(H2,29,31,37). The topological polar surface area (TPSA) is 103 Å². The normalized spacial score (nSPS) is 20.4. The number of likely N-dealkylation sites (tertiary alicyclic amines) is 1. The fourth-order valence-electron chi connectivity index (χ4n) is 5.56. The van der Waals surface area contributed by atoms with Crippen LogP contribution in [0.15, 0.2) is 18.2 Å². The maximum absolute atomic E-state index is 15.0. The summed E-state index contributed by atoms with van der Waals surface area (Å²) in [7, 11) is 0. The van der Waals surface area contributed by atoms with Crippen LogP contribution < -0.4 is 15.5 Å². The predicted molar refractivity (Wildman–Crippen MR) is 142 cm³/mol. The minimum absolute atomic E-state index is 0.103. The Kier molecular flexibility index (Phi) is 7.75. The van der Waals surface area contributed by atoms with Crippen molar-refractivity contribution in [3.05, 3.63) is 35.3 Å². The zero-order valence-electron chi connectivity index (χ0n) is 22.3. The van der Waals surface area contributed by atoms with Crippen LogP contribution in [0.2, 0.25) is 0 Å². The van der Waals surface area contributed by atoms with Gasteiger partial charge in [-0.05, 0) is 44.9 Å². The fraction of sp³-hybridized carbons (Fsp3) is 0.556. The third-order valence-corrected chi connectivity index (χ3v) is 7.66. The number of carbonyl (C=O) groups excluding carboxylic acids is 2. The number of nitrogens with one attached hydrogen (secondary N) is 2. The molecule has 2 N–H and O–H groups in total. The van der Waals surface area contributed by atoms with Crippen LogP contribution in [-0.2, 0) is 22.6 Å². The van der Waals surface area contributed by atoms with Gasteiger partial charge in [0.1, 0.15) is 11.6 Å². The van der Waals surface area contributed by atoms with Crippen molar-refractivity contribution in [3.8, 4) is 11.4 Å². The molecule has 204 valence electrons. The van der Waals surface area contributed by atoms with Crippen molar-refractivity contribution >= 4 is 23.4 Å². The van der Waals surface area contributed by atoms with Gasteiger partial charge in [0.15, 0.2) is 5.82 Å². The summed E-state index contributed by atoms with van der Waals surface area (Å²) in [5, 5.41) is 5.13. The Labute approximate surface area is 222 Å². The number of urea groups is 1. The lowest BCUT2D eigenvalue weighted by Gasteiger charge is -2.37. The van der Waals surface area contributed by atoms with Crippen molar-refractivity contribution in [3.63, 3.8) is 0 Å². The van der Waals surface area contributed by atoms with E-state index in [0.29, 0.717) is 43.7 Å². The van der Waals surface area contributed by atoms with Crippen LogP contribution in [0.25, 0.3) is 11.4 Å². The van der Waals surface area contributed by atoms with Crippen molar-refractivity contribution in [1.29, 1.82) is 0 Å². The Morgan fingerprint density at radius 2 is 1.95 bits per heavy atom. The molecule has 38 heavy (non-hydrogen) atoms. The second kappa shape index (κ2) is 11.2. The number of carbonyl (C=O) groups is 2. The Bertz CT molecular complexity index is 1200. The monoisotopic (exact) mass is 525 g/mol. The van der Waals surface area contributed by atoms with Crippen molar-refractivity contribution in [2.75, 3.05) is 49.6 Å². The number of fused-ring (bicyclic) bond motifs is 1. The van der Waals surface area contributed by atoms with Crippen molar-refractivity contribution in [2.24, 2.45) is 0 Å². The number of hydrogen-bond donors (Lipinski definition) is 2. The molecule has 4 heterocycles. The molecule has 0 saturated carbocycles. The molecule has 10 nitrogen and oxygen atoms in total. The van der Waals surface area contributed by atoms with Crippen molar-refractivity contribution in [2.45, 2.75) is 58.8 Å². The minimum atomic E-state index is -0.544. The number of halogens is 1. The molecule has 11 heteroatoms. The average Bonchev–Trinajstić information content (AvgIpc) is 3.34. The molecule has 0 aliphatic carbocycles. The van der Waals surface area contributed by atoms with Gasteiger partial charge < -0.3 is 25.2 Å². The Hall–Kier alpha value is -3.31. The van der Waals surface area contributed by atoms with Gasteiger partial charge in [-0.3, -0.25) is 9.69 Å². The molecule has 0 radical (unpaired) electrons. The molecule has 2 fully saturated rings. The summed E-state index contributed by atoms with van der Waals surface area (Å²) in [4.78, 5) is 40.2. The minimum Gasteiger partial charge on any atom is -0.377 e. The summed E-state index contributed by atoms with van der Waals surface area (Å²) >= 11 is 0. The van der Waals surface area contributed by atoms with Crippen LogP contribution in [0.3, 0.4) is 0 Å². The van der Waals surface area contributed by atoms with E-state index in [0.717, 1.165) is 56.1 Å². The summed E-state index contributed by atoms with van der Waals surface area (Å²) in [6, 6.07) is 4.73. The Morgan fingerprint density at radius 1 is 1.16 bits per heavy atom. The van der Waals surface area contributed by atoms with E-state index < -0.39 is 11.8 Å². The molecule has 5 rings (SSSR count). The number of aromatic nitrogens is 2. The van der Waals surface area contributed by atoms with Gasteiger partial charge in [-0.15, -0.1) is 0 Å². The van der Waals surface area contributed by atoms with E-state index in [1.54, 1.807) is 26.0 Å². The first-order chi connectivity index (χ1) is 18.3. The highest BCUT2D eigenvalue weighted by Gasteiger charge is 2.35. The number of amides is 3. The van der Waals surface area contributed by atoms with Gasteiger partial charge in [-0.2, -0.15) is 0 Å². The lowest BCUT2D eigenvalue weighted by molar-refractivity contribution is -0.130. The van der Waals surface area contributed by atoms with Crippen LogP contribution in [-0.4, -0.2) is 83.2 Å². The zero-order valence-corrected chi connectivity index (χ0v) is 22.3. The van der Waals surface area contributed by atoms with Gasteiger partial charge in [-0.1, -0.05) is 0 Å². The first-order valence-electron chi connectivity index (χ1n) is 13.4. The number of nitrogens with zero attached hydrogens (tertiary/aromatic N) is 5. The summed E-state index contributed by atoms with van der Waals surface area (Å²) < 4.78 is 20.6. The first kappa shape index (κ1) is 26.3. The van der Waals surface area contributed by atoms with Crippen LogP contribution in [0.1, 0.15) is 44.9 Å². The van der Waals surface area contributed by atoms with Crippen LogP contribution >= 0.6 is 0 Å². The second-order valence-corrected chi connectivity index (χ2v) is 10.2. The third kappa shape index (κ3) is 5.44. The first-order valence-corrected chi connectivity index (χ1v) is 13.4. The van der Waals surface area contributed by atoms with E-state index in [2.05, 4.69) is 27.4 Å². The number of morpholine rings is 1. The van der Waals surface area contributed by atoms with Crippen molar-refractivity contribution < 1.29 is 18.7 Å². The molecule has 1 unspecified atom stereocenters. The molecule has 1 atom stereocenters. The van der Waals surface area contributed by atoms with Gasteiger partial charge in [0.05, 0.1) is 30.6 Å². The van der Waals surface area contributed by atoms with E-state index in [9.17, 15) is 14.0 Å². The van der Waals surface area contributed by atoms with E-state index in [1.165, 1.54) is 6.07 Å². The van der Waals surface area contributed by atoms with Gasteiger partial charge >= 0.3 is 6.03 Å². The Morgan fingerprint density at radius 3 is 2.63 bits per heavy atom. The number of benzene rings is 1. The molecule has 2 aromatic rings. The highest BCUT2D eigenvalue weighted by molar-refractivity contribution is 5.89. The molecule has 1 aromatic carbocycles. The third-order valence-electron chi connectivity index (χ3n) is 7.66. The maximum atomic E-state index is 15.0. The lowest BCUT2D eigenvalue weighted by atomic mass is 10.0. The van der Waals surface area contributed by atoms with Crippen LogP contribution in [0.4, 0.5) is 20.7 Å². The van der Waals surface area contributed by atoms with Gasteiger partial charge in [0, 0.05) is 63.4 Å². The smallest absolute Gasteiger partial charge is 0.319 e. The highest BCUT2D eigenvalue weighted by Crippen LogP contribution is 2.36. The maximum Gasteiger partial charge on any atom is 0.319 e. The predicted octanol–water partition coefficient (Wildman–Crippen LogP) is 2.98. The number of anilines is 2. The molecule has 1 aromatic heterocycles. The highest BCUT2D eigenvalue weighted by atomic mass is 19.1. The lowest BCUT2D eigenvalue weighted by Crippen LogP contribution is -2.45. The molecular weight excluding hydrogens is 489 g/mol. The number of rotatable bonds is 5. The van der Waals surface area contributed by atoms with Gasteiger partial charge in [0.2, 0.25) is 5.91 Å². The van der Waals surface area contributed by atoms with Gasteiger partial charge in [0.25, 0.3) is 0 Å². The van der Waals surface area contributed by atoms with Crippen LogP contribution in [0, 0.1) is 5.82 Å². The number of hydrogen-bond acceptors (Lipinski definition) is 7. The largest absolute Gasteiger partial charge is 0.377 e. The summed E-state index contributed by atoms with van der Waals surface area (Å²) in [6.45, 7) is 11.0. The summed E-state index contributed by atoms with van der Waals surface area (Å²) in [5.74, 6) is 0.938. The van der Waals surface area contributed by atoms with Crippen LogP contribution in [0.5, 0.6) is 0 Å². The molecule has 0 spiro atoms. The van der Waals surface area contributed by atoms with Gasteiger partial charge in [-0.25, -0.2) is 19.2 Å². The summed E-state index contributed by atoms with van der Waals surface area (Å²) in [6.07, 6.45) is 1.87. The number of ether oxygens (including phenoxy) is 1. The van der Waals surface area contributed by atoms with E-state index in [1.807, 2.05) is 4.90 Å². The molecule has 2 saturated heterocycles. The quantitative estimate of drug-likeness (QED) is 0.619. The molecule has 3 aliphatic rings. The molecule has 3 amide bonds. The second-order valence-electron chi connectivity index (χ2n) is 10.2. The molecule has 3 aliphatic heterocycles.